The molecule has 0 atom stereocenters. The molecule has 44 valence electrons. The molecule has 0 aromatic rings. The van der Waals surface area contributed by atoms with Crippen LogP contribution in [0, 0.1) is 0 Å². The second-order valence-electron chi connectivity index (χ2n) is 1.07. The van der Waals surface area contributed by atoms with E-state index in [1.807, 2.05) is 0 Å². The Morgan fingerprint density at radius 2 is 2.14 bits per heavy atom. The van der Waals surface area contributed by atoms with E-state index in [9.17, 15) is 9.59 Å². The van der Waals surface area contributed by atoms with Crippen molar-refractivity contribution in [1.82, 2.24) is 0 Å². The third-order valence-electron chi connectivity index (χ3n) is 0.371. The van der Waals surface area contributed by atoms with Crippen LogP contribution in [-0.2, 0) is 26.1 Å². The van der Waals surface area contributed by atoms with E-state index in [2.05, 4.69) is 0 Å². The number of rotatable bonds is 2. The van der Waals surface area contributed by atoms with Crippen LogP contribution >= 0.6 is 0 Å². The number of hydrogen-bond donors (Lipinski definition) is 0. The zero-order valence-electron chi connectivity index (χ0n) is 3.92. The van der Waals surface area contributed by atoms with Crippen molar-refractivity contribution in [2.75, 3.05) is 0 Å². The maximum Gasteiger partial charge on any atom is 0.136 e. The van der Waals surface area contributed by atoms with Crippen LogP contribution in [0.25, 0.3) is 0 Å². The van der Waals surface area contributed by atoms with Crippen LogP contribution in [0.1, 0.15) is 13.3 Å². The van der Waals surface area contributed by atoms with Crippen LogP contribution in [-0.4, -0.2) is 12.1 Å². The van der Waals surface area contributed by atoms with Crippen molar-refractivity contribution in [2.45, 2.75) is 13.3 Å². The summed E-state index contributed by atoms with van der Waals surface area (Å²) in [5.41, 5.74) is 0. The number of carbonyl (C=O) groups is 2. The molecule has 0 unspecified atom stereocenters. The van der Waals surface area contributed by atoms with Gasteiger partial charge in [0.15, 0.2) is 0 Å². The van der Waals surface area contributed by atoms with Crippen LogP contribution in [0.4, 0.5) is 0 Å². The monoisotopic (exact) mass is 144 g/mol. The van der Waals surface area contributed by atoms with Gasteiger partial charge in [-0.25, -0.2) is 0 Å². The van der Waals surface area contributed by atoms with Crippen molar-refractivity contribution < 1.29 is 26.1 Å². The SMILES string of the molecule is CC(=O)CC=O.[Ni]. The molecule has 0 heterocycles. The number of aldehydes is 1. The van der Waals surface area contributed by atoms with Gasteiger partial charge in [-0.3, -0.25) is 4.79 Å². The molecule has 3 heteroatoms. The minimum absolute atomic E-state index is 0. The molecule has 0 rings (SSSR count). The topological polar surface area (TPSA) is 34.1 Å². The average molecular weight is 145 g/mol. The second-order valence-corrected chi connectivity index (χ2v) is 1.07. The van der Waals surface area contributed by atoms with E-state index >= 15 is 0 Å². The third-order valence-corrected chi connectivity index (χ3v) is 0.371. The summed E-state index contributed by atoms with van der Waals surface area (Å²) < 4.78 is 0. The molecule has 0 amide bonds. The summed E-state index contributed by atoms with van der Waals surface area (Å²) in [7, 11) is 0. The van der Waals surface area contributed by atoms with Gasteiger partial charge in [-0.05, 0) is 6.92 Å². The van der Waals surface area contributed by atoms with Gasteiger partial charge in [-0.15, -0.1) is 0 Å². The van der Waals surface area contributed by atoms with E-state index in [4.69, 9.17) is 0 Å². The largest absolute Gasteiger partial charge is 0.303 e. The maximum atomic E-state index is 9.81. The first kappa shape index (κ1) is 9.95. The molecule has 0 aliphatic heterocycles. The molecule has 0 aromatic heterocycles. The Balaban J connectivity index is 0. The summed E-state index contributed by atoms with van der Waals surface area (Å²) in [5, 5.41) is 0. The molecule has 2 nitrogen and oxygen atoms in total. The smallest absolute Gasteiger partial charge is 0.136 e. The first-order valence-electron chi connectivity index (χ1n) is 1.70. The molecule has 0 aliphatic carbocycles. The molecule has 0 saturated heterocycles. The van der Waals surface area contributed by atoms with Gasteiger partial charge in [0, 0.05) is 16.5 Å². The van der Waals surface area contributed by atoms with Crippen LogP contribution < -0.4 is 0 Å². The minimum atomic E-state index is -0.0787. The van der Waals surface area contributed by atoms with Gasteiger partial charge < -0.3 is 4.79 Å². The Hall–Kier alpha value is -0.166. The van der Waals surface area contributed by atoms with Crippen LogP contribution in [0.5, 0.6) is 0 Å². The molecule has 0 aliphatic rings. The van der Waals surface area contributed by atoms with Crippen LogP contribution in [0.2, 0.25) is 0 Å². The molecule has 0 radical (unpaired) electrons. The number of ketones is 1. The summed E-state index contributed by atoms with van der Waals surface area (Å²) in [6.07, 6.45) is 0.655. The number of hydrogen-bond acceptors (Lipinski definition) is 2. The van der Waals surface area contributed by atoms with Crippen LogP contribution in [0.3, 0.4) is 0 Å². The second kappa shape index (κ2) is 5.83. The van der Waals surface area contributed by atoms with Crippen molar-refractivity contribution >= 4 is 12.1 Å². The van der Waals surface area contributed by atoms with Crippen molar-refractivity contribution in [3.63, 3.8) is 0 Å². The van der Waals surface area contributed by atoms with Gasteiger partial charge in [0.1, 0.15) is 12.1 Å². The van der Waals surface area contributed by atoms with E-state index in [-0.39, 0.29) is 28.7 Å². The fourth-order valence-corrected chi connectivity index (χ4v) is 0.117. The first-order valence-corrected chi connectivity index (χ1v) is 1.70. The van der Waals surface area contributed by atoms with Gasteiger partial charge in [-0.1, -0.05) is 0 Å². The van der Waals surface area contributed by atoms with Crippen molar-refractivity contribution in [1.29, 1.82) is 0 Å². The Labute approximate surface area is 52.2 Å². The molecule has 0 bridgehead atoms. The normalized spacial score (nSPS) is 6.43. The predicted octanol–water partition coefficient (Wildman–Crippen LogP) is 0.162. The molecule has 0 aromatic carbocycles. The molecule has 0 saturated carbocycles. The fourth-order valence-electron chi connectivity index (χ4n) is 0.117. The molecular formula is C4H6NiO2. The fraction of sp³-hybridized carbons (Fsp3) is 0.500. The Bertz CT molecular complexity index is 70.1. The van der Waals surface area contributed by atoms with E-state index in [0.717, 1.165) is 0 Å². The average Bonchev–Trinajstić information content (AvgIpc) is 1.35. The van der Waals surface area contributed by atoms with E-state index in [0.29, 0.717) is 6.29 Å². The van der Waals surface area contributed by atoms with E-state index in [1.54, 1.807) is 0 Å². The van der Waals surface area contributed by atoms with Gasteiger partial charge in [0.2, 0.25) is 0 Å². The quantitative estimate of drug-likeness (QED) is 0.315. The van der Waals surface area contributed by atoms with Gasteiger partial charge >= 0.3 is 0 Å². The van der Waals surface area contributed by atoms with Crippen LogP contribution in [0.15, 0.2) is 0 Å². The summed E-state index contributed by atoms with van der Waals surface area (Å²) in [6.45, 7) is 1.38. The number of carbonyl (C=O) groups excluding carboxylic acids is 2. The summed E-state index contributed by atoms with van der Waals surface area (Å²) in [5.74, 6) is -0.0787. The Kier molecular flexibility index (Phi) is 8.29. The molecule has 0 spiro atoms. The molecule has 0 fully saturated rings. The maximum absolute atomic E-state index is 9.81. The summed E-state index contributed by atoms with van der Waals surface area (Å²) >= 11 is 0. The molecule has 7 heavy (non-hydrogen) atoms. The molecular weight excluding hydrogens is 139 g/mol. The zero-order chi connectivity index (χ0) is 4.99. The third kappa shape index (κ3) is 10.7. The zero-order valence-corrected chi connectivity index (χ0v) is 4.90. The standard InChI is InChI=1S/C4H6O2.Ni/c1-4(6)2-3-5;/h3H,2H2,1H3;. The van der Waals surface area contributed by atoms with Gasteiger partial charge in [0.25, 0.3) is 0 Å². The Morgan fingerprint density at radius 3 is 2.14 bits per heavy atom. The first-order chi connectivity index (χ1) is 2.77. The van der Waals surface area contributed by atoms with E-state index in [1.165, 1.54) is 6.92 Å². The van der Waals surface area contributed by atoms with Gasteiger partial charge in [0.05, 0.1) is 6.42 Å². The summed E-state index contributed by atoms with van der Waals surface area (Å²) in [4.78, 5) is 19.2. The van der Waals surface area contributed by atoms with Crippen molar-refractivity contribution in [2.24, 2.45) is 0 Å². The number of Topliss-reactive ketones (excluding diaryl/α,β-unsaturated/α-hetero) is 1. The minimum Gasteiger partial charge on any atom is -0.303 e. The van der Waals surface area contributed by atoms with E-state index < -0.39 is 0 Å². The van der Waals surface area contributed by atoms with Gasteiger partial charge in [-0.2, -0.15) is 0 Å². The predicted molar refractivity (Wildman–Crippen MR) is 21.4 cm³/mol. The van der Waals surface area contributed by atoms with Crippen molar-refractivity contribution in [3.8, 4) is 0 Å². The van der Waals surface area contributed by atoms with Crippen molar-refractivity contribution in [3.05, 3.63) is 0 Å². The Morgan fingerprint density at radius 1 is 1.71 bits per heavy atom. The summed E-state index contributed by atoms with van der Waals surface area (Å²) in [6, 6.07) is 0. The molecule has 0 N–H and O–H groups in total.